The first-order valence-corrected chi connectivity index (χ1v) is 10.3. The Hall–Kier alpha value is -2.40. The van der Waals surface area contributed by atoms with E-state index >= 15 is 0 Å². The zero-order valence-electron chi connectivity index (χ0n) is 14.6. The molecule has 5 heteroatoms. The van der Waals surface area contributed by atoms with Crippen LogP contribution in [0.3, 0.4) is 0 Å². The molecule has 1 unspecified atom stereocenters. The predicted octanol–water partition coefficient (Wildman–Crippen LogP) is 4.33. The number of benzene rings is 2. The van der Waals surface area contributed by atoms with E-state index in [4.69, 9.17) is 0 Å². The van der Waals surface area contributed by atoms with E-state index in [1.807, 2.05) is 24.3 Å². The van der Waals surface area contributed by atoms with Crippen molar-refractivity contribution >= 4 is 21.9 Å². The second-order valence-corrected chi connectivity index (χ2v) is 8.23. The molecular weight excluding hydrogens is 348 g/mol. The molecule has 1 atom stereocenters. The molecule has 2 aromatic carbocycles. The van der Waals surface area contributed by atoms with E-state index in [0.29, 0.717) is 6.42 Å². The molecule has 0 saturated carbocycles. The fraction of sp³-hybridized carbons (Fsp3) is 0.286. The van der Waals surface area contributed by atoms with E-state index in [1.54, 1.807) is 24.3 Å². The largest absolute Gasteiger partial charge is 0.480 e. The maximum atomic E-state index is 12.4. The van der Waals surface area contributed by atoms with Gasteiger partial charge < -0.3 is 5.11 Å². The topological polar surface area (TPSA) is 71.4 Å². The molecule has 138 valence electrons. The number of hydrogen-bond acceptors (Lipinski definition) is 3. The van der Waals surface area contributed by atoms with Crippen LogP contribution in [0.25, 0.3) is 6.08 Å². The van der Waals surface area contributed by atoms with E-state index in [0.717, 1.165) is 30.2 Å². The number of unbranched alkanes of at least 4 members (excludes halogenated alkanes) is 2. The minimum Gasteiger partial charge on any atom is -0.480 e. The van der Waals surface area contributed by atoms with Crippen LogP contribution in [0, 0.1) is 0 Å². The van der Waals surface area contributed by atoms with Crippen LogP contribution in [0.2, 0.25) is 0 Å². The number of aliphatic carboxylic acids is 1. The van der Waals surface area contributed by atoms with Crippen molar-refractivity contribution in [3.05, 3.63) is 77.2 Å². The summed E-state index contributed by atoms with van der Waals surface area (Å²) < 4.78 is 24.7. The Labute approximate surface area is 155 Å². The fourth-order valence-electron chi connectivity index (χ4n) is 2.74. The van der Waals surface area contributed by atoms with Crippen molar-refractivity contribution in [2.75, 3.05) is 0 Å². The molecule has 0 radical (unpaired) electrons. The number of sulfone groups is 1. The van der Waals surface area contributed by atoms with Gasteiger partial charge >= 0.3 is 5.97 Å². The van der Waals surface area contributed by atoms with E-state index in [-0.39, 0.29) is 6.42 Å². The van der Waals surface area contributed by atoms with Gasteiger partial charge in [-0.05, 0) is 36.5 Å². The molecule has 0 saturated heterocycles. The highest BCUT2D eigenvalue weighted by Crippen LogP contribution is 2.16. The molecule has 0 aromatic heterocycles. The number of hydrogen-bond donors (Lipinski definition) is 1. The van der Waals surface area contributed by atoms with Crippen molar-refractivity contribution in [2.45, 2.75) is 37.4 Å². The summed E-state index contributed by atoms with van der Waals surface area (Å²) in [5, 5.41) is 8.96. The number of rotatable bonds is 10. The van der Waals surface area contributed by atoms with Crippen LogP contribution >= 0.6 is 0 Å². The summed E-state index contributed by atoms with van der Waals surface area (Å²) >= 11 is 0. The first-order chi connectivity index (χ1) is 12.5. The highest BCUT2D eigenvalue weighted by molar-refractivity contribution is 7.95. The fourth-order valence-corrected chi connectivity index (χ4v) is 4.05. The van der Waals surface area contributed by atoms with Gasteiger partial charge in [0, 0.05) is 5.41 Å². The SMILES string of the molecule is O=C(O)C(CCCCCc1ccccc1)S(=O)(=O)C=Cc1ccccc1. The standard InChI is InChI=1S/C21H24O4S/c22-21(23)20(15-9-3-8-12-18-10-4-1-5-11-18)26(24,25)17-16-19-13-6-2-7-14-19/h1-2,4-7,10-11,13-14,16-17,20H,3,8-9,12,15H2,(H,22,23). The minimum absolute atomic E-state index is 0.131. The molecule has 26 heavy (non-hydrogen) atoms. The van der Waals surface area contributed by atoms with E-state index in [1.165, 1.54) is 11.6 Å². The Balaban J connectivity index is 1.87. The lowest BCUT2D eigenvalue weighted by Crippen LogP contribution is -2.28. The third-order valence-corrected chi connectivity index (χ3v) is 5.94. The zero-order valence-corrected chi connectivity index (χ0v) is 15.4. The summed E-state index contributed by atoms with van der Waals surface area (Å²) in [6.45, 7) is 0. The normalized spacial score (nSPS) is 12.9. The summed E-state index contributed by atoms with van der Waals surface area (Å²) in [4.78, 5) is 11.4. The van der Waals surface area contributed by atoms with Crippen LogP contribution in [-0.4, -0.2) is 24.7 Å². The predicted molar refractivity (Wildman–Crippen MR) is 104 cm³/mol. The van der Waals surface area contributed by atoms with Gasteiger partial charge in [0.05, 0.1) is 0 Å². The van der Waals surface area contributed by atoms with E-state index in [9.17, 15) is 18.3 Å². The number of carbonyl (C=O) groups is 1. The van der Waals surface area contributed by atoms with Gasteiger partial charge in [0.2, 0.25) is 0 Å². The second kappa shape index (κ2) is 9.92. The smallest absolute Gasteiger partial charge is 0.322 e. The monoisotopic (exact) mass is 372 g/mol. The third kappa shape index (κ3) is 6.48. The van der Waals surface area contributed by atoms with Crippen molar-refractivity contribution in [1.29, 1.82) is 0 Å². The van der Waals surface area contributed by atoms with Gasteiger partial charge in [0.1, 0.15) is 0 Å². The average Bonchev–Trinajstić information content (AvgIpc) is 2.64. The van der Waals surface area contributed by atoms with Gasteiger partial charge in [0.15, 0.2) is 15.1 Å². The molecule has 0 aliphatic carbocycles. The Bertz CT molecular complexity index is 812. The van der Waals surface area contributed by atoms with Gasteiger partial charge in [-0.25, -0.2) is 8.42 Å². The van der Waals surface area contributed by atoms with Crippen LogP contribution in [0.15, 0.2) is 66.1 Å². The van der Waals surface area contributed by atoms with E-state index < -0.39 is 21.1 Å². The van der Waals surface area contributed by atoms with Gasteiger partial charge in [0.25, 0.3) is 0 Å². The number of carboxylic acids is 1. The molecule has 0 fully saturated rings. The van der Waals surface area contributed by atoms with Crippen LogP contribution in [-0.2, 0) is 21.1 Å². The first kappa shape index (κ1) is 19.9. The zero-order chi connectivity index (χ0) is 18.8. The van der Waals surface area contributed by atoms with E-state index in [2.05, 4.69) is 12.1 Å². The lowest BCUT2D eigenvalue weighted by atomic mass is 10.1. The maximum Gasteiger partial charge on any atom is 0.322 e. The van der Waals surface area contributed by atoms with Gasteiger partial charge in [-0.3, -0.25) is 4.79 Å². The molecular formula is C21H24O4S. The highest BCUT2D eigenvalue weighted by Gasteiger charge is 2.29. The molecule has 0 heterocycles. The summed E-state index contributed by atoms with van der Waals surface area (Å²) in [7, 11) is -3.84. The van der Waals surface area contributed by atoms with Crippen molar-refractivity contribution in [3.63, 3.8) is 0 Å². The third-order valence-electron chi connectivity index (χ3n) is 4.20. The molecule has 1 N–H and O–H groups in total. The highest BCUT2D eigenvalue weighted by atomic mass is 32.2. The number of carboxylic acid groups (broad SMARTS) is 1. The van der Waals surface area contributed by atoms with Gasteiger partial charge in [-0.1, -0.05) is 73.5 Å². The van der Waals surface area contributed by atoms with Crippen molar-refractivity contribution in [3.8, 4) is 0 Å². The van der Waals surface area contributed by atoms with Crippen LogP contribution in [0.4, 0.5) is 0 Å². The molecule has 2 aromatic rings. The minimum atomic E-state index is -3.84. The van der Waals surface area contributed by atoms with Crippen LogP contribution in [0.5, 0.6) is 0 Å². The number of aryl methyl sites for hydroxylation is 1. The van der Waals surface area contributed by atoms with Crippen molar-refractivity contribution < 1.29 is 18.3 Å². The molecule has 0 amide bonds. The maximum absolute atomic E-state index is 12.4. The Morgan fingerprint density at radius 1 is 0.923 bits per heavy atom. The van der Waals surface area contributed by atoms with Crippen molar-refractivity contribution in [2.24, 2.45) is 0 Å². The molecule has 0 spiro atoms. The lowest BCUT2D eigenvalue weighted by molar-refractivity contribution is -0.136. The summed E-state index contributed by atoms with van der Waals surface area (Å²) in [5.41, 5.74) is 1.96. The Morgan fingerprint density at radius 2 is 1.54 bits per heavy atom. The van der Waals surface area contributed by atoms with Crippen LogP contribution in [0.1, 0.15) is 36.8 Å². The molecule has 0 bridgehead atoms. The lowest BCUT2D eigenvalue weighted by Gasteiger charge is -2.10. The summed E-state index contributed by atoms with van der Waals surface area (Å²) in [6, 6.07) is 19.0. The average molecular weight is 372 g/mol. The van der Waals surface area contributed by atoms with Crippen molar-refractivity contribution in [1.82, 2.24) is 0 Å². The van der Waals surface area contributed by atoms with Gasteiger partial charge in [-0.2, -0.15) is 0 Å². The van der Waals surface area contributed by atoms with Gasteiger partial charge in [-0.15, -0.1) is 0 Å². The van der Waals surface area contributed by atoms with Crippen LogP contribution < -0.4 is 0 Å². The molecule has 4 nitrogen and oxygen atoms in total. The summed E-state index contributed by atoms with van der Waals surface area (Å²) in [6.07, 6.45) is 4.78. The Morgan fingerprint density at radius 3 is 2.15 bits per heavy atom. The Kier molecular flexibility index (Phi) is 7.60. The quantitative estimate of drug-likeness (QED) is 0.630. The molecule has 0 aliphatic rings. The first-order valence-electron chi connectivity index (χ1n) is 8.73. The second-order valence-electron chi connectivity index (χ2n) is 6.21. The summed E-state index contributed by atoms with van der Waals surface area (Å²) in [5.74, 6) is -1.29. The molecule has 2 rings (SSSR count). The molecule has 0 aliphatic heterocycles.